The summed E-state index contributed by atoms with van der Waals surface area (Å²) in [4.78, 5) is 4.92. The normalized spacial score (nSPS) is 13.7. The molecule has 270 valence electrons. The van der Waals surface area contributed by atoms with E-state index in [1.54, 1.807) is 0 Å². The van der Waals surface area contributed by atoms with Gasteiger partial charge in [0.1, 0.15) is 5.75 Å². The molecular formula is C53H36N2OS. The zero-order valence-electron chi connectivity index (χ0n) is 31.5. The zero-order chi connectivity index (χ0) is 37.8. The first-order chi connectivity index (χ1) is 28.1. The predicted molar refractivity (Wildman–Crippen MR) is 241 cm³/mol. The van der Waals surface area contributed by atoms with Crippen LogP contribution in [0.2, 0.25) is 0 Å². The van der Waals surface area contributed by atoms with E-state index in [1.165, 1.54) is 36.5 Å². The molecule has 0 unspecified atom stereocenters. The van der Waals surface area contributed by atoms with Gasteiger partial charge in [0, 0.05) is 54.0 Å². The van der Waals surface area contributed by atoms with E-state index in [4.69, 9.17) is 4.74 Å². The van der Waals surface area contributed by atoms with Gasteiger partial charge in [0.15, 0.2) is 5.75 Å². The molecule has 0 spiro atoms. The molecule has 2 aliphatic rings. The summed E-state index contributed by atoms with van der Waals surface area (Å²) in [5.74, 6) is 1.81. The molecule has 10 aromatic rings. The second-order valence-corrected chi connectivity index (χ2v) is 16.7. The molecule has 0 fully saturated rings. The number of ether oxygens (including phenoxy) is 1. The minimum atomic E-state index is -0.461. The Kier molecular flexibility index (Phi) is 6.85. The maximum absolute atomic E-state index is 7.60. The van der Waals surface area contributed by atoms with Crippen molar-refractivity contribution in [2.45, 2.75) is 19.3 Å². The van der Waals surface area contributed by atoms with Crippen LogP contribution < -0.4 is 14.5 Å². The molecule has 0 atom stereocenters. The van der Waals surface area contributed by atoms with Gasteiger partial charge in [-0.15, -0.1) is 11.3 Å². The predicted octanol–water partition coefficient (Wildman–Crippen LogP) is 15.7. The SMILES string of the molecule is CC1(C)c2cccc3c2Oc2c1c(N(c1ccccc1)c1cccc4c1sc1ccccc14)cc1cccc(c21)-c1ccccc1N3c1cccc2ccccc12. The fraction of sp³-hybridized carbons (Fsp3) is 0.0566. The molecule has 0 aliphatic carbocycles. The van der Waals surface area contributed by atoms with Crippen molar-refractivity contribution < 1.29 is 4.74 Å². The Morgan fingerprint density at radius 1 is 0.509 bits per heavy atom. The molecule has 9 aromatic carbocycles. The smallest absolute Gasteiger partial charge is 0.155 e. The van der Waals surface area contributed by atoms with Gasteiger partial charge in [0.2, 0.25) is 0 Å². The van der Waals surface area contributed by atoms with Crippen LogP contribution in [0.3, 0.4) is 0 Å². The lowest BCUT2D eigenvalue weighted by Crippen LogP contribution is -2.28. The Bertz CT molecular complexity index is 3270. The van der Waals surface area contributed by atoms with Gasteiger partial charge in [0.05, 0.1) is 33.1 Å². The first-order valence-electron chi connectivity index (χ1n) is 19.6. The standard InChI is InChI=1S/C53H36N2OS/c1-53(2)41-26-15-29-44-50(41)56-51-48-34(18-12-24-39(48)37-22-8-10-27-43(37)55(44)42-28-13-17-33-16-6-7-21-36(33)42)32-46(49(51)53)54(35-19-4-3-5-20-35)45-30-14-25-40-38-23-9-11-31-47(38)57-52(40)45/h3-32H,1-2H3. The van der Waals surface area contributed by atoms with Crippen LogP contribution >= 0.6 is 11.3 Å². The largest absolute Gasteiger partial charge is 0.454 e. The van der Waals surface area contributed by atoms with E-state index in [1.807, 2.05) is 11.3 Å². The van der Waals surface area contributed by atoms with E-state index in [9.17, 15) is 0 Å². The monoisotopic (exact) mass is 748 g/mol. The molecular weight excluding hydrogens is 713 g/mol. The quantitative estimate of drug-likeness (QED) is 0.178. The van der Waals surface area contributed by atoms with Crippen molar-refractivity contribution in [3.05, 3.63) is 193 Å². The first kappa shape index (κ1) is 32.4. The van der Waals surface area contributed by atoms with Gasteiger partial charge in [-0.25, -0.2) is 0 Å². The average Bonchev–Trinajstić information content (AvgIpc) is 3.65. The van der Waals surface area contributed by atoms with Gasteiger partial charge in [-0.05, 0) is 64.9 Å². The molecule has 3 heterocycles. The van der Waals surface area contributed by atoms with E-state index in [2.05, 4.69) is 206 Å². The lowest BCUT2D eigenvalue weighted by molar-refractivity contribution is 0.425. The first-order valence-corrected chi connectivity index (χ1v) is 20.4. The van der Waals surface area contributed by atoms with E-state index in [0.29, 0.717) is 0 Å². The van der Waals surface area contributed by atoms with Crippen LogP contribution in [-0.4, -0.2) is 0 Å². The molecule has 0 saturated carbocycles. The number of hydrogen-bond donors (Lipinski definition) is 0. The highest BCUT2D eigenvalue weighted by molar-refractivity contribution is 7.26. The van der Waals surface area contributed by atoms with Gasteiger partial charge >= 0.3 is 0 Å². The Morgan fingerprint density at radius 3 is 2.07 bits per heavy atom. The van der Waals surface area contributed by atoms with Gasteiger partial charge in [-0.2, -0.15) is 0 Å². The molecule has 0 saturated heterocycles. The second-order valence-electron chi connectivity index (χ2n) is 15.7. The van der Waals surface area contributed by atoms with Crippen molar-refractivity contribution in [2.24, 2.45) is 0 Å². The van der Waals surface area contributed by atoms with Crippen LogP contribution in [0.25, 0.3) is 52.8 Å². The number of hydrogen-bond acceptors (Lipinski definition) is 4. The van der Waals surface area contributed by atoms with Crippen LogP contribution in [0.5, 0.6) is 11.5 Å². The molecule has 2 bridgehead atoms. The van der Waals surface area contributed by atoms with Crippen LogP contribution in [0.1, 0.15) is 25.0 Å². The summed E-state index contributed by atoms with van der Waals surface area (Å²) in [5, 5.41) is 7.21. The highest BCUT2D eigenvalue weighted by Gasteiger charge is 2.42. The Balaban J connectivity index is 1.22. The topological polar surface area (TPSA) is 15.7 Å². The van der Waals surface area contributed by atoms with Gasteiger partial charge < -0.3 is 14.5 Å². The van der Waals surface area contributed by atoms with Crippen molar-refractivity contribution >= 4 is 87.2 Å². The maximum atomic E-state index is 7.60. The third-order valence-electron chi connectivity index (χ3n) is 12.2. The molecule has 0 radical (unpaired) electrons. The third-order valence-corrected chi connectivity index (χ3v) is 13.4. The van der Waals surface area contributed by atoms with Crippen molar-refractivity contribution in [1.82, 2.24) is 0 Å². The van der Waals surface area contributed by atoms with Crippen LogP contribution in [0.4, 0.5) is 34.1 Å². The highest BCUT2D eigenvalue weighted by Crippen LogP contribution is 2.62. The molecule has 4 heteroatoms. The lowest BCUT2D eigenvalue weighted by atomic mass is 9.73. The summed E-state index contributed by atoms with van der Waals surface area (Å²) in [6.07, 6.45) is 0. The average molecular weight is 749 g/mol. The van der Waals surface area contributed by atoms with Crippen molar-refractivity contribution in [2.75, 3.05) is 9.80 Å². The van der Waals surface area contributed by atoms with Gasteiger partial charge in [-0.1, -0.05) is 147 Å². The summed E-state index contributed by atoms with van der Waals surface area (Å²) >= 11 is 1.86. The van der Waals surface area contributed by atoms with E-state index in [0.717, 1.165) is 73.1 Å². The summed E-state index contributed by atoms with van der Waals surface area (Å²) < 4.78 is 10.1. The molecule has 57 heavy (non-hydrogen) atoms. The van der Waals surface area contributed by atoms with Crippen LogP contribution in [-0.2, 0) is 5.41 Å². The second kappa shape index (κ2) is 12.1. The van der Waals surface area contributed by atoms with Crippen molar-refractivity contribution in [3.8, 4) is 22.6 Å². The maximum Gasteiger partial charge on any atom is 0.155 e. The number of para-hydroxylation sites is 3. The minimum Gasteiger partial charge on any atom is -0.454 e. The molecule has 2 aliphatic heterocycles. The molecule has 3 nitrogen and oxygen atoms in total. The van der Waals surface area contributed by atoms with E-state index in [-0.39, 0.29) is 0 Å². The fourth-order valence-electron chi connectivity index (χ4n) is 9.63. The summed E-state index contributed by atoms with van der Waals surface area (Å²) in [6.45, 7) is 4.76. The summed E-state index contributed by atoms with van der Waals surface area (Å²) in [6, 6.07) is 66.4. The minimum absolute atomic E-state index is 0.461. The number of anilines is 6. The number of rotatable bonds is 4. The van der Waals surface area contributed by atoms with Crippen LogP contribution in [0.15, 0.2) is 182 Å². The summed E-state index contributed by atoms with van der Waals surface area (Å²) in [5.41, 5.74) is 10.8. The lowest BCUT2D eigenvalue weighted by Gasteiger charge is -2.41. The molecule has 0 N–H and O–H groups in total. The Hall–Kier alpha value is -6.88. The fourth-order valence-corrected chi connectivity index (χ4v) is 10.8. The third kappa shape index (κ3) is 4.59. The van der Waals surface area contributed by atoms with Gasteiger partial charge in [-0.3, -0.25) is 0 Å². The number of benzene rings is 9. The van der Waals surface area contributed by atoms with Gasteiger partial charge in [0.25, 0.3) is 0 Å². The number of thiophene rings is 1. The molecule has 1 aromatic heterocycles. The Labute approximate surface area is 335 Å². The Morgan fingerprint density at radius 2 is 1.16 bits per heavy atom. The number of nitrogens with zero attached hydrogens (tertiary/aromatic N) is 2. The molecule has 0 amide bonds. The van der Waals surface area contributed by atoms with Crippen molar-refractivity contribution in [3.63, 3.8) is 0 Å². The van der Waals surface area contributed by atoms with E-state index >= 15 is 0 Å². The summed E-state index contributed by atoms with van der Waals surface area (Å²) in [7, 11) is 0. The zero-order valence-corrected chi connectivity index (χ0v) is 32.3. The van der Waals surface area contributed by atoms with Crippen LogP contribution in [0, 0.1) is 0 Å². The highest BCUT2D eigenvalue weighted by atomic mass is 32.1. The molecule has 12 rings (SSSR count). The number of fused-ring (bicyclic) bond motifs is 6. The van der Waals surface area contributed by atoms with E-state index < -0.39 is 5.41 Å². The van der Waals surface area contributed by atoms with Crippen molar-refractivity contribution in [1.29, 1.82) is 0 Å².